The highest BCUT2D eigenvalue weighted by molar-refractivity contribution is 6.10. The molecule has 0 spiro atoms. The number of hydrogen-bond donors (Lipinski definition) is 1. The number of hydrogen-bond acceptors (Lipinski definition) is 3. The zero-order chi connectivity index (χ0) is 19.1. The van der Waals surface area contributed by atoms with Gasteiger partial charge in [-0.15, -0.1) is 0 Å². The van der Waals surface area contributed by atoms with E-state index >= 15 is 0 Å². The van der Waals surface area contributed by atoms with Crippen LogP contribution in [-0.2, 0) is 4.79 Å². The average molecular weight is 354 g/mol. The molecule has 0 saturated heterocycles. The summed E-state index contributed by atoms with van der Waals surface area (Å²) in [5.41, 5.74) is 2.42. The lowest BCUT2D eigenvalue weighted by molar-refractivity contribution is -0.112. The van der Waals surface area contributed by atoms with Crippen LogP contribution in [0.25, 0.3) is 6.08 Å². The van der Waals surface area contributed by atoms with Crippen LogP contribution in [0.4, 0.5) is 5.69 Å². The molecule has 0 atom stereocenters. The van der Waals surface area contributed by atoms with Crippen LogP contribution in [0.5, 0.6) is 11.5 Å². The summed E-state index contributed by atoms with van der Waals surface area (Å²) in [6, 6.07) is 26.0. The molecule has 0 bridgehead atoms. The van der Waals surface area contributed by atoms with Gasteiger partial charge in [0.15, 0.2) is 5.75 Å². The fourth-order valence-corrected chi connectivity index (χ4v) is 2.44. The fraction of sp³-hybridized carbons (Fsp3) is 0.0435. The number of nitriles is 1. The van der Waals surface area contributed by atoms with Crippen molar-refractivity contribution in [1.82, 2.24) is 0 Å². The quantitative estimate of drug-likeness (QED) is 0.497. The van der Waals surface area contributed by atoms with Gasteiger partial charge in [0.25, 0.3) is 5.91 Å². The van der Waals surface area contributed by atoms with Crippen LogP contribution in [0, 0.1) is 18.3 Å². The third-order valence-electron chi connectivity index (χ3n) is 3.86. The Labute approximate surface area is 158 Å². The molecule has 4 heteroatoms. The second kappa shape index (κ2) is 8.50. The first-order valence-corrected chi connectivity index (χ1v) is 8.47. The molecule has 0 heterocycles. The molecule has 0 aromatic heterocycles. The number of amides is 1. The largest absolute Gasteiger partial charge is 0.455 e. The molecule has 1 amide bonds. The van der Waals surface area contributed by atoms with Crippen molar-refractivity contribution >= 4 is 17.7 Å². The van der Waals surface area contributed by atoms with Crippen LogP contribution in [0.3, 0.4) is 0 Å². The normalized spacial score (nSPS) is 10.7. The molecule has 132 valence electrons. The van der Waals surface area contributed by atoms with Crippen LogP contribution in [0.15, 0.2) is 84.4 Å². The van der Waals surface area contributed by atoms with Gasteiger partial charge in [-0.2, -0.15) is 5.26 Å². The summed E-state index contributed by atoms with van der Waals surface area (Å²) in [5, 5.41) is 12.1. The number of nitrogens with zero attached hydrogens (tertiary/aromatic N) is 1. The van der Waals surface area contributed by atoms with E-state index in [1.54, 1.807) is 24.3 Å². The highest BCUT2D eigenvalue weighted by Crippen LogP contribution is 2.29. The van der Waals surface area contributed by atoms with Crippen LogP contribution in [0.2, 0.25) is 0 Å². The van der Waals surface area contributed by atoms with Gasteiger partial charge in [-0.3, -0.25) is 4.79 Å². The van der Waals surface area contributed by atoms with Crippen LogP contribution in [0.1, 0.15) is 11.1 Å². The van der Waals surface area contributed by atoms with Crippen molar-refractivity contribution in [2.75, 3.05) is 5.32 Å². The number of anilines is 1. The van der Waals surface area contributed by atoms with Crippen molar-refractivity contribution < 1.29 is 9.53 Å². The Hall–Kier alpha value is -3.84. The smallest absolute Gasteiger partial charge is 0.266 e. The SMILES string of the molecule is Cc1ccc(/C=C(\C#N)C(=O)Nc2ccccc2Oc2ccccc2)cc1. The average Bonchev–Trinajstić information content (AvgIpc) is 2.70. The van der Waals surface area contributed by atoms with Gasteiger partial charge in [0, 0.05) is 0 Å². The molecule has 1 N–H and O–H groups in total. The van der Waals surface area contributed by atoms with Gasteiger partial charge < -0.3 is 10.1 Å². The zero-order valence-electron chi connectivity index (χ0n) is 14.8. The molecule has 3 aromatic rings. The van der Waals surface area contributed by atoms with E-state index < -0.39 is 5.91 Å². The van der Waals surface area contributed by atoms with Crippen molar-refractivity contribution in [3.05, 3.63) is 95.6 Å². The molecular formula is C23H18N2O2. The second-order valence-corrected chi connectivity index (χ2v) is 5.95. The predicted octanol–water partition coefficient (Wildman–Crippen LogP) is 5.33. The van der Waals surface area contributed by atoms with Crippen LogP contribution < -0.4 is 10.1 Å². The minimum atomic E-state index is -0.484. The zero-order valence-corrected chi connectivity index (χ0v) is 14.8. The molecule has 3 rings (SSSR count). The highest BCUT2D eigenvalue weighted by atomic mass is 16.5. The van der Waals surface area contributed by atoms with Gasteiger partial charge in [0.2, 0.25) is 0 Å². The summed E-state index contributed by atoms with van der Waals surface area (Å²) in [7, 11) is 0. The molecule has 0 aliphatic rings. The molecule has 0 fully saturated rings. The lowest BCUT2D eigenvalue weighted by Crippen LogP contribution is -2.14. The van der Waals surface area contributed by atoms with E-state index in [0.29, 0.717) is 17.2 Å². The number of nitrogens with one attached hydrogen (secondary N) is 1. The minimum absolute atomic E-state index is 0.0216. The molecule has 3 aromatic carbocycles. The van der Waals surface area contributed by atoms with Gasteiger partial charge >= 0.3 is 0 Å². The maximum Gasteiger partial charge on any atom is 0.266 e. The summed E-state index contributed by atoms with van der Waals surface area (Å²) in [6.07, 6.45) is 1.56. The first-order valence-electron chi connectivity index (χ1n) is 8.47. The van der Waals surface area contributed by atoms with Gasteiger partial charge in [-0.05, 0) is 42.8 Å². The molecular weight excluding hydrogens is 336 g/mol. The number of benzene rings is 3. The number of rotatable bonds is 5. The minimum Gasteiger partial charge on any atom is -0.455 e. The Morgan fingerprint density at radius 1 is 0.963 bits per heavy atom. The predicted molar refractivity (Wildman–Crippen MR) is 106 cm³/mol. The van der Waals surface area contributed by atoms with E-state index in [-0.39, 0.29) is 5.57 Å². The van der Waals surface area contributed by atoms with Crippen molar-refractivity contribution in [3.8, 4) is 17.6 Å². The molecule has 0 radical (unpaired) electrons. The lowest BCUT2D eigenvalue weighted by atomic mass is 10.1. The molecule has 0 saturated carbocycles. The van der Waals surface area contributed by atoms with Gasteiger partial charge in [-0.25, -0.2) is 0 Å². The summed E-state index contributed by atoms with van der Waals surface area (Å²) in [4.78, 5) is 12.6. The van der Waals surface area contributed by atoms with E-state index in [1.807, 2.05) is 73.7 Å². The monoisotopic (exact) mass is 354 g/mol. The van der Waals surface area contributed by atoms with Gasteiger partial charge in [0.1, 0.15) is 17.4 Å². The summed E-state index contributed by atoms with van der Waals surface area (Å²) >= 11 is 0. The summed E-state index contributed by atoms with van der Waals surface area (Å²) in [6.45, 7) is 1.98. The third kappa shape index (κ3) is 4.83. The molecule has 0 aliphatic heterocycles. The number of ether oxygens (including phenoxy) is 1. The topological polar surface area (TPSA) is 62.1 Å². The number of para-hydroxylation sites is 3. The fourth-order valence-electron chi connectivity index (χ4n) is 2.44. The standard InChI is InChI=1S/C23H18N2O2/c1-17-11-13-18(14-12-17)15-19(16-24)23(26)25-21-9-5-6-10-22(21)27-20-7-3-2-4-8-20/h2-15H,1H3,(H,25,26)/b19-15+. The third-order valence-corrected chi connectivity index (χ3v) is 3.86. The van der Waals surface area contributed by atoms with Crippen molar-refractivity contribution in [2.45, 2.75) is 6.92 Å². The summed E-state index contributed by atoms with van der Waals surface area (Å²) in [5.74, 6) is 0.682. The van der Waals surface area contributed by atoms with E-state index in [4.69, 9.17) is 4.74 Å². The van der Waals surface area contributed by atoms with E-state index in [0.717, 1.165) is 11.1 Å². The maximum absolute atomic E-state index is 12.6. The van der Waals surface area contributed by atoms with Crippen molar-refractivity contribution in [2.24, 2.45) is 0 Å². The van der Waals surface area contributed by atoms with Crippen molar-refractivity contribution in [3.63, 3.8) is 0 Å². The Morgan fingerprint density at radius 3 is 2.33 bits per heavy atom. The Morgan fingerprint density at radius 2 is 1.63 bits per heavy atom. The molecule has 0 aliphatic carbocycles. The van der Waals surface area contributed by atoms with Gasteiger partial charge in [-0.1, -0.05) is 60.2 Å². The Balaban J connectivity index is 1.81. The highest BCUT2D eigenvalue weighted by Gasteiger charge is 2.13. The number of carbonyl (C=O) groups excluding carboxylic acids is 1. The number of aryl methyl sites for hydroxylation is 1. The maximum atomic E-state index is 12.6. The van der Waals surface area contributed by atoms with Crippen LogP contribution in [-0.4, -0.2) is 5.91 Å². The molecule has 4 nitrogen and oxygen atoms in total. The van der Waals surface area contributed by atoms with E-state index in [1.165, 1.54) is 0 Å². The van der Waals surface area contributed by atoms with Crippen LogP contribution >= 0.6 is 0 Å². The first-order chi connectivity index (χ1) is 13.2. The Bertz CT molecular complexity index is 1000. The Kier molecular flexibility index (Phi) is 5.66. The van der Waals surface area contributed by atoms with E-state index in [9.17, 15) is 10.1 Å². The lowest BCUT2D eigenvalue weighted by Gasteiger charge is -2.12. The van der Waals surface area contributed by atoms with E-state index in [2.05, 4.69) is 5.32 Å². The first kappa shape index (κ1) is 18.0. The summed E-state index contributed by atoms with van der Waals surface area (Å²) < 4.78 is 5.84. The molecule has 27 heavy (non-hydrogen) atoms. The van der Waals surface area contributed by atoms with Crippen molar-refractivity contribution in [1.29, 1.82) is 5.26 Å². The molecule has 0 unspecified atom stereocenters. The second-order valence-electron chi connectivity index (χ2n) is 5.95. The number of carbonyl (C=O) groups is 1. The van der Waals surface area contributed by atoms with Gasteiger partial charge in [0.05, 0.1) is 5.69 Å².